The normalized spacial score (nSPS) is 14.2. The Labute approximate surface area is 119 Å². The highest BCUT2D eigenvalue weighted by Gasteiger charge is 2.28. The molecule has 1 fully saturated rings. The Morgan fingerprint density at radius 2 is 2.30 bits per heavy atom. The number of benzene rings is 1. The second-order valence-corrected chi connectivity index (χ2v) is 4.94. The number of ether oxygens (including phenoxy) is 1. The molecule has 3 rings (SSSR count). The molecule has 6 nitrogen and oxygen atoms in total. The topological polar surface area (TPSA) is 85.5 Å². The average Bonchev–Trinajstić information content (AvgIpc) is 3.16. The molecule has 0 atom stereocenters. The van der Waals surface area contributed by atoms with Gasteiger partial charge in [-0.15, -0.1) is 0 Å². The van der Waals surface area contributed by atoms with Gasteiger partial charge in [-0.25, -0.2) is 4.79 Å². The lowest BCUT2D eigenvalue weighted by Crippen LogP contribution is -2.04. The molecule has 1 saturated carbocycles. The zero-order valence-corrected chi connectivity index (χ0v) is 11.1. The fraction of sp³-hybridized carbons (Fsp3) is 0.308. The van der Waals surface area contributed by atoms with Gasteiger partial charge in [0.05, 0.1) is 5.02 Å². The van der Waals surface area contributed by atoms with Crippen molar-refractivity contribution in [2.45, 2.75) is 25.4 Å². The molecule has 0 saturated heterocycles. The van der Waals surface area contributed by atoms with Crippen molar-refractivity contribution >= 4 is 17.6 Å². The van der Waals surface area contributed by atoms with Crippen molar-refractivity contribution in [3.8, 4) is 5.75 Å². The van der Waals surface area contributed by atoms with Gasteiger partial charge in [0.1, 0.15) is 5.56 Å². The number of hydrogen-bond acceptors (Lipinski definition) is 5. The molecule has 20 heavy (non-hydrogen) atoms. The molecule has 1 N–H and O–H groups in total. The van der Waals surface area contributed by atoms with Crippen molar-refractivity contribution in [3.63, 3.8) is 0 Å². The van der Waals surface area contributed by atoms with Gasteiger partial charge >= 0.3 is 5.97 Å². The van der Waals surface area contributed by atoms with E-state index >= 15 is 0 Å². The fourth-order valence-corrected chi connectivity index (χ4v) is 2.02. The standard InChI is InChI=1S/C13H11ClN2O4/c14-9-3-1-2-8(13(17)18)11(9)19-6-10-15-12(16-20-10)7-4-5-7/h1-3,7H,4-6H2,(H,17,18). The van der Waals surface area contributed by atoms with Gasteiger partial charge in [0.15, 0.2) is 18.2 Å². The molecule has 2 aromatic rings. The number of rotatable bonds is 5. The van der Waals surface area contributed by atoms with Crippen molar-refractivity contribution in [2.75, 3.05) is 0 Å². The number of halogens is 1. The molecule has 7 heteroatoms. The average molecular weight is 295 g/mol. The molecule has 0 amide bonds. The summed E-state index contributed by atoms with van der Waals surface area (Å²) in [5, 5.41) is 13.2. The van der Waals surface area contributed by atoms with Gasteiger partial charge in [0.2, 0.25) is 0 Å². The summed E-state index contributed by atoms with van der Waals surface area (Å²) in [5.74, 6) is 0.381. The molecule has 0 unspecified atom stereocenters. The summed E-state index contributed by atoms with van der Waals surface area (Å²) in [5.41, 5.74) is -0.000526. The lowest BCUT2D eigenvalue weighted by atomic mass is 10.2. The predicted molar refractivity (Wildman–Crippen MR) is 69.0 cm³/mol. The van der Waals surface area contributed by atoms with Crippen LogP contribution in [0.15, 0.2) is 22.7 Å². The number of carboxylic acid groups (broad SMARTS) is 1. The lowest BCUT2D eigenvalue weighted by Gasteiger charge is -2.08. The third kappa shape index (κ3) is 2.60. The summed E-state index contributed by atoms with van der Waals surface area (Å²) in [7, 11) is 0. The second-order valence-electron chi connectivity index (χ2n) is 4.53. The smallest absolute Gasteiger partial charge is 0.339 e. The van der Waals surface area contributed by atoms with Crippen molar-refractivity contribution < 1.29 is 19.2 Å². The van der Waals surface area contributed by atoms with Crippen molar-refractivity contribution in [2.24, 2.45) is 0 Å². The van der Waals surface area contributed by atoms with Crippen LogP contribution < -0.4 is 4.74 Å². The highest BCUT2D eigenvalue weighted by molar-refractivity contribution is 6.32. The van der Waals surface area contributed by atoms with E-state index in [4.69, 9.17) is 26.0 Å². The Morgan fingerprint density at radius 1 is 1.50 bits per heavy atom. The summed E-state index contributed by atoms with van der Waals surface area (Å²) in [4.78, 5) is 15.3. The van der Waals surface area contributed by atoms with Crippen molar-refractivity contribution in [3.05, 3.63) is 40.5 Å². The third-order valence-corrected chi connectivity index (χ3v) is 3.26. The molecule has 0 aliphatic heterocycles. The van der Waals surface area contributed by atoms with Crippen LogP contribution >= 0.6 is 11.6 Å². The van der Waals surface area contributed by atoms with Crippen molar-refractivity contribution in [1.29, 1.82) is 0 Å². The van der Waals surface area contributed by atoms with Crippen LogP contribution in [0.5, 0.6) is 5.75 Å². The maximum Gasteiger partial charge on any atom is 0.339 e. The van der Waals surface area contributed by atoms with Crippen LogP contribution in [0.2, 0.25) is 5.02 Å². The Kier molecular flexibility index (Phi) is 3.31. The van der Waals surface area contributed by atoms with Crippen LogP contribution in [-0.4, -0.2) is 21.2 Å². The minimum Gasteiger partial charge on any atom is -0.481 e. The second kappa shape index (κ2) is 5.13. The Hall–Kier alpha value is -2.08. The molecule has 104 valence electrons. The maximum absolute atomic E-state index is 11.1. The zero-order valence-electron chi connectivity index (χ0n) is 10.4. The van der Waals surface area contributed by atoms with Gasteiger partial charge < -0.3 is 14.4 Å². The molecule has 0 bridgehead atoms. The first kappa shape index (κ1) is 12.9. The van der Waals surface area contributed by atoms with E-state index in [-0.39, 0.29) is 22.9 Å². The Morgan fingerprint density at radius 3 is 3.00 bits per heavy atom. The number of hydrogen-bond donors (Lipinski definition) is 1. The van der Waals surface area contributed by atoms with E-state index in [1.807, 2.05) is 0 Å². The first-order chi connectivity index (χ1) is 9.65. The number of aromatic nitrogens is 2. The number of para-hydroxylation sites is 1. The number of aromatic carboxylic acids is 1. The summed E-state index contributed by atoms with van der Waals surface area (Å²) < 4.78 is 10.5. The van der Waals surface area contributed by atoms with Crippen LogP contribution in [0.1, 0.15) is 40.8 Å². The summed E-state index contributed by atoms with van der Waals surface area (Å²) in [6.45, 7) is -0.0102. The molecule has 0 spiro atoms. The first-order valence-electron chi connectivity index (χ1n) is 6.12. The number of nitrogens with zero attached hydrogens (tertiary/aromatic N) is 2. The zero-order chi connectivity index (χ0) is 14.1. The van der Waals surface area contributed by atoms with Gasteiger partial charge in [-0.1, -0.05) is 22.8 Å². The predicted octanol–water partition coefficient (Wildman–Crippen LogP) is 2.88. The number of carbonyl (C=O) groups is 1. The van der Waals surface area contributed by atoms with Crippen LogP contribution in [0, 0.1) is 0 Å². The van der Waals surface area contributed by atoms with Gasteiger partial charge in [0, 0.05) is 5.92 Å². The number of carboxylic acids is 1. The highest BCUT2D eigenvalue weighted by atomic mass is 35.5. The molecular weight excluding hydrogens is 284 g/mol. The third-order valence-electron chi connectivity index (χ3n) is 2.96. The molecule has 0 radical (unpaired) electrons. The fourth-order valence-electron chi connectivity index (χ4n) is 1.79. The minimum absolute atomic E-state index is 0.000526. The largest absolute Gasteiger partial charge is 0.481 e. The quantitative estimate of drug-likeness (QED) is 0.912. The van der Waals surface area contributed by atoms with E-state index in [0.29, 0.717) is 17.6 Å². The van der Waals surface area contributed by atoms with Crippen LogP contribution in [0.4, 0.5) is 0 Å². The molecule has 1 aliphatic rings. The van der Waals surface area contributed by atoms with E-state index in [1.165, 1.54) is 6.07 Å². The van der Waals surface area contributed by atoms with Crippen molar-refractivity contribution in [1.82, 2.24) is 10.1 Å². The molecule has 1 aliphatic carbocycles. The molecule has 1 heterocycles. The van der Waals surface area contributed by atoms with E-state index in [9.17, 15) is 4.79 Å². The lowest BCUT2D eigenvalue weighted by molar-refractivity contribution is 0.0691. The van der Waals surface area contributed by atoms with Gasteiger partial charge in [-0.2, -0.15) is 4.98 Å². The minimum atomic E-state index is -1.10. The maximum atomic E-state index is 11.1. The molecular formula is C13H11ClN2O4. The van der Waals surface area contributed by atoms with E-state index in [0.717, 1.165) is 12.8 Å². The Balaban J connectivity index is 1.75. The van der Waals surface area contributed by atoms with Gasteiger partial charge in [0.25, 0.3) is 5.89 Å². The van der Waals surface area contributed by atoms with Crippen LogP contribution in [0.25, 0.3) is 0 Å². The van der Waals surface area contributed by atoms with E-state index in [1.54, 1.807) is 12.1 Å². The van der Waals surface area contributed by atoms with E-state index < -0.39 is 5.97 Å². The highest BCUT2D eigenvalue weighted by Crippen LogP contribution is 2.38. The van der Waals surface area contributed by atoms with Gasteiger partial charge in [-0.05, 0) is 25.0 Å². The summed E-state index contributed by atoms with van der Waals surface area (Å²) in [6.07, 6.45) is 2.15. The molecule has 1 aromatic carbocycles. The van der Waals surface area contributed by atoms with Gasteiger partial charge in [-0.3, -0.25) is 0 Å². The monoisotopic (exact) mass is 294 g/mol. The Bertz CT molecular complexity index is 652. The summed E-state index contributed by atoms with van der Waals surface area (Å²) >= 11 is 5.95. The molecule has 1 aromatic heterocycles. The van der Waals surface area contributed by atoms with E-state index in [2.05, 4.69) is 10.1 Å². The summed E-state index contributed by atoms with van der Waals surface area (Å²) in [6, 6.07) is 4.54. The first-order valence-corrected chi connectivity index (χ1v) is 6.50. The van der Waals surface area contributed by atoms with Crippen LogP contribution in [0.3, 0.4) is 0 Å². The van der Waals surface area contributed by atoms with Crippen LogP contribution in [-0.2, 0) is 6.61 Å². The SMILES string of the molecule is O=C(O)c1cccc(Cl)c1OCc1nc(C2CC2)no1.